The Morgan fingerprint density at radius 1 is 1.12 bits per heavy atom. The Hall–Kier alpha value is -2.24. The van der Waals surface area contributed by atoms with Crippen molar-refractivity contribution in [3.05, 3.63) is 71.0 Å². The molecule has 4 nitrogen and oxygen atoms in total. The molecule has 0 aliphatic carbocycles. The Balaban J connectivity index is 1.75. The van der Waals surface area contributed by atoms with Gasteiger partial charge in [-0.25, -0.2) is 9.87 Å². The summed E-state index contributed by atoms with van der Waals surface area (Å²) in [6.45, 7) is 3.41. The van der Waals surface area contributed by atoms with E-state index in [4.69, 9.17) is 5.21 Å². The molecule has 1 atom stereocenters. The minimum Gasteiger partial charge on any atom is -0.313 e. The topological polar surface area (TPSA) is 61.4 Å². The molecule has 140 valence electrons. The van der Waals surface area contributed by atoms with E-state index in [0.29, 0.717) is 18.4 Å². The summed E-state index contributed by atoms with van der Waals surface area (Å²) >= 11 is 0. The first-order valence-corrected chi connectivity index (χ1v) is 9.03. The van der Waals surface area contributed by atoms with Crippen LogP contribution in [0, 0.1) is 18.7 Å². The van der Waals surface area contributed by atoms with E-state index in [-0.39, 0.29) is 17.6 Å². The fraction of sp³-hybridized carbons (Fsp3) is 0.381. The van der Waals surface area contributed by atoms with E-state index < -0.39 is 0 Å². The van der Waals surface area contributed by atoms with Crippen molar-refractivity contribution < 1.29 is 14.4 Å². The second-order valence-corrected chi connectivity index (χ2v) is 6.62. The third kappa shape index (κ3) is 6.58. The number of nitrogens with one attached hydrogen (secondary N) is 2. The zero-order valence-electron chi connectivity index (χ0n) is 15.2. The van der Waals surface area contributed by atoms with E-state index in [1.807, 2.05) is 18.2 Å². The summed E-state index contributed by atoms with van der Waals surface area (Å²) in [5, 5.41) is 12.4. The maximum atomic E-state index is 13.4. The highest BCUT2D eigenvalue weighted by molar-refractivity contribution is 5.77. The van der Waals surface area contributed by atoms with Crippen LogP contribution in [0.25, 0.3) is 0 Å². The minimum absolute atomic E-state index is 0.249. The van der Waals surface area contributed by atoms with Gasteiger partial charge in [0.2, 0.25) is 5.91 Å². The second-order valence-electron chi connectivity index (χ2n) is 6.62. The van der Waals surface area contributed by atoms with Gasteiger partial charge in [0.25, 0.3) is 0 Å². The Kier molecular flexibility index (Phi) is 8.25. The molecular weight excluding hydrogens is 331 g/mol. The van der Waals surface area contributed by atoms with Crippen molar-refractivity contribution in [1.29, 1.82) is 0 Å². The predicted octanol–water partition coefficient (Wildman–Crippen LogP) is 3.76. The fourth-order valence-corrected chi connectivity index (χ4v) is 3.00. The number of rotatable bonds is 10. The van der Waals surface area contributed by atoms with Crippen LogP contribution in [0.15, 0.2) is 48.5 Å². The standard InChI is InChI=1S/C21H27FN2O2/c1-16-13-18(10-11-20(16)22)14-19(21(25)24-26)9-5-6-12-23-15-17-7-3-2-4-8-17/h2-4,7-8,10-11,13,19,23,26H,5-6,9,12,14-15H2,1H3,(H,24,25)/t19-/m0/s1. The van der Waals surface area contributed by atoms with E-state index in [0.717, 1.165) is 31.5 Å². The Morgan fingerprint density at radius 3 is 2.58 bits per heavy atom. The lowest BCUT2D eigenvalue weighted by molar-refractivity contribution is -0.133. The van der Waals surface area contributed by atoms with Gasteiger partial charge in [-0.1, -0.05) is 48.9 Å². The van der Waals surface area contributed by atoms with E-state index in [1.165, 1.54) is 11.6 Å². The number of benzene rings is 2. The van der Waals surface area contributed by atoms with Gasteiger partial charge in [-0.15, -0.1) is 0 Å². The van der Waals surface area contributed by atoms with Gasteiger partial charge in [0.05, 0.1) is 0 Å². The molecule has 0 aliphatic rings. The van der Waals surface area contributed by atoms with Crippen molar-refractivity contribution >= 4 is 5.91 Å². The highest BCUT2D eigenvalue weighted by atomic mass is 19.1. The van der Waals surface area contributed by atoms with Gasteiger partial charge < -0.3 is 5.32 Å². The van der Waals surface area contributed by atoms with Gasteiger partial charge in [-0.2, -0.15) is 0 Å². The van der Waals surface area contributed by atoms with E-state index >= 15 is 0 Å². The Bertz CT molecular complexity index is 692. The summed E-state index contributed by atoms with van der Waals surface area (Å²) in [7, 11) is 0. The lowest BCUT2D eigenvalue weighted by atomic mass is 9.92. The number of hydroxylamine groups is 1. The fourth-order valence-electron chi connectivity index (χ4n) is 3.00. The van der Waals surface area contributed by atoms with E-state index in [9.17, 15) is 9.18 Å². The molecule has 0 bridgehead atoms. The van der Waals surface area contributed by atoms with Gasteiger partial charge in [-0.3, -0.25) is 10.0 Å². The van der Waals surface area contributed by atoms with Crippen molar-refractivity contribution in [2.24, 2.45) is 5.92 Å². The van der Waals surface area contributed by atoms with Crippen LogP contribution in [-0.4, -0.2) is 17.7 Å². The van der Waals surface area contributed by atoms with Crippen molar-refractivity contribution in [2.45, 2.75) is 39.2 Å². The quantitative estimate of drug-likeness (QED) is 0.344. The number of unbranched alkanes of at least 4 members (excludes halogenated alkanes) is 1. The molecule has 0 fully saturated rings. The average molecular weight is 358 g/mol. The monoisotopic (exact) mass is 358 g/mol. The van der Waals surface area contributed by atoms with Crippen LogP contribution in [0.2, 0.25) is 0 Å². The second kappa shape index (κ2) is 10.7. The van der Waals surface area contributed by atoms with Gasteiger partial charge >= 0.3 is 0 Å². The van der Waals surface area contributed by atoms with Crippen LogP contribution in [0.1, 0.15) is 36.0 Å². The summed E-state index contributed by atoms with van der Waals surface area (Å²) < 4.78 is 13.4. The molecule has 0 radical (unpaired) electrons. The normalized spacial score (nSPS) is 12.0. The van der Waals surface area contributed by atoms with Crippen LogP contribution >= 0.6 is 0 Å². The Morgan fingerprint density at radius 2 is 1.88 bits per heavy atom. The third-order valence-corrected chi connectivity index (χ3v) is 4.51. The molecule has 5 heteroatoms. The van der Waals surface area contributed by atoms with Crippen LogP contribution in [0.5, 0.6) is 0 Å². The molecule has 26 heavy (non-hydrogen) atoms. The number of hydrogen-bond donors (Lipinski definition) is 3. The zero-order valence-corrected chi connectivity index (χ0v) is 15.2. The number of halogens is 1. The first-order valence-electron chi connectivity index (χ1n) is 9.03. The lowest BCUT2D eigenvalue weighted by Crippen LogP contribution is -2.29. The van der Waals surface area contributed by atoms with Crippen molar-refractivity contribution in [2.75, 3.05) is 6.54 Å². The van der Waals surface area contributed by atoms with Crippen LogP contribution < -0.4 is 10.8 Å². The predicted molar refractivity (Wildman–Crippen MR) is 100 cm³/mol. The third-order valence-electron chi connectivity index (χ3n) is 4.51. The number of aryl methyl sites for hydroxylation is 1. The summed E-state index contributed by atoms with van der Waals surface area (Å²) in [5.41, 5.74) is 4.47. The number of hydrogen-bond acceptors (Lipinski definition) is 3. The molecule has 2 aromatic carbocycles. The highest BCUT2D eigenvalue weighted by Crippen LogP contribution is 2.18. The summed E-state index contributed by atoms with van der Waals surface area (Å²) in [6, 6.07) is 15.1. The Labute approximate surface area is 154 Å². The molecule has 0 saturated carbocycles. The number of carbonyl (C=O) groups is 1. The SMILES string of the molecule is Cc1cc(C[C@H](CCCCNCc2ccccc2)C(=O)NO)ccc1F. The van der Waals surface area contributed by atoms with E-state index in [1.54, 1.807) is 24.5 Å². The summed E-state index contributed by atoms with van der Waals surface area (Å²) in [5.74, 6) is -0.954. The van der Waals surface area contributed by atoms with Gasteiger partial charge in [0.15, 0.2) is 0 Å². The van der Waals surface area contributed by atoms with Crippen molar-refractivity contribution in [3.8, 4) is 0 Å². The molecule has 3 N–H and O–H groups in total. The average Bonchev–Trinajstić information content (AvgIpc) is 2.66. The lowest BCUT2D eigenvalue weighted by Gasteiger charge is -2.15. The van der Waals surface area contributed by atoms with E-state index in [2.05, 4.69) is 17.4 Å². The first kappa shape index (κ1) is 20.1. The molecule has 0 saturated heterocycles. The minimum atomic E-state index is -0.385. The molecule has 1 amide bonds. The van der Waals surface area contributed by atoms with Crippen molar-refractivity contribution in [3.63, 3.8) is 0 Å². The molecule has 0 spiro atoms. The number of carbonyl (C=O) groups excluding carboxylic acids is 1. The highest BCUT2D eigenvalue weighted by Gasteiger charge is 2.18. The van der Waals surface area contributed by atoms with Gasteiger partial charge in [-0.05, 0) is 55.5 Å². The van der Waals surface area contributed by atoms with Crippen molar-refractivity contribution in [1.82, 2.24) is 10.8 Å². The van der Waals surface area contributed by atoms with Gasteiger partial charge in [0.1, 0.15) is 5.82 Å². The largest absolute Gasteiger partial charge is 0.313 e. The number of amides is 1. The molecule has 0 aromatic heterocycles. The first-order chi connectivity index (χ1) is 12.6. The molecular formula is C21H27FN2O2. The van der Waals surface area contributed by atoms with Crippen LogP contribution in [0.4, 0.5) is 4.39 Å². The summed E-state index contributed by atoms with van der Waals surface area (Å²) in [4.78, 5) is 11.9. The van der Waals surface area contributed by atoms with Crippen LogP contribution in [0.3, 0.4) is 0 Å². The molecule has 2 aromatic rings. The molecule has 2 rings (SSSR count). The van der Waals surface area contributed by atoms with Gasteiger partial charge in [0, 0.05) is 12.5 Å². The zero-order chi connectivity index (χ0) is 18.8. The molecule has 0 aliphatic heterocycles. The molecule has 0 heterocycles. The maximum absolute atomic E-state index is 13.4. The molecule has 0 unspecified atom stereocenters. The maximum Gasteiger partial charge on any atom is 0.246 e. The summed E-state index contributed by atoms with van der Waals surface area (Å²) in [6.07, 6.45) is 2.99. The smallest absolute Gasteiger partial charge is 0.246 e. The van der Waals surface area contributed by atoms with Crippen LogP contribution in [-0.2, 0) is 17.8 Å².